The molecule has 0 amide bonds. The zero-order chi connectivity index (χ0) is 24.8. The van der Waals surface area contributed by atoms with Gasteiger partial charge < -0.3 is 4.98 Å². The van der Waals surface area contributed by atoms with Gasteiger partial charge in [0.2, 0.25) is 0 Å². The van der Waals surface area contributed by atoms with Crippen molar-refractivity contribution in [3.63, 3.8) is 0 Å². The molecule has 6 rings (SSSR count). The smallest absolute Gasteiger partial charge is 0.273 e. The quantitative estimate of drug-likeness (QED) is 0.375. The number of benzene rings is 1. The number of sulfonamides is 1. The van der Waals surface area contributed by atoms with Crippen LogP contribution in [0.4, 0.5) is 5.69 Å². The van der Waals surface area contributed by atoms with Gasteiger partial charge in [-0.15, -0.1) is 11.3 Å². The molecule has 1 fully saturated rings. The number of aliphatic imine (C=N–C) groups is 1. The van der Waals surface area contributed by atoms with Gasteiger partial charge in [-0.1, -0.05) is 36.0 Å². The number of thioether (sulfide) groups is 1. The lowest BCUT2D eigenvalue weighted by molar-refractivity contribution is 0.196. The van der Waals surface area contributed by atoms with Crippen LogP contribution in [0.2, 0.25) is 0 Å². The molecule has 0 unspecified atom stereocenters. The van der Waals surface area contributed by atoms with Gasteiger partial charge in [0.25, 0.3) is 10.0 Å². The van der Waals surface area contributed by atoms with Crippen molar-refractivity contribution < 1.29 is 8.42 Å². The molecule has 1 spiro atoms. The number of nitrogens with zero attached hydrogens (tertiary/aromatic N) is 4. The average molecular weight is 538 g/mol. The van der Waals surface area contributed by atoms with E-state index in [1.54, 1.807) is 24.6 Å². The molecule has 1 N–H and O–H groups in total. The molecule has 3 aromatic heterocycles. The van der Waals surface area contributed by atoms with Crippen LogP contribution in [0.25, 0.3) is 10.9 Å². The number of H-pyrrole nitrogens is 1. The molecule has 4 aromatic rings. The van der Waals surface area contributed by atoms with E-state index >= 15 is 0 Å². The standard InChI is InChI=1S/C26H27N5O2S3/c1-30(36(32,33)23-8-4-14-34-23)22-7-2-6-20-15-21(29-24(20)22)25-28-18-26(35-25)9-12-31(13-10-26)17-19-5-3-11-27-16-19/h2-8,11,14-16,29H,9-10,12-13,17-18H2,1H3. The summed E-state index contributed by atoms with van der Waals surface area (Å²) in [5.74, 6) is 0. The van der Waals surface area contributed by atoms with Crippen molar-refractivity contribution in [2.24, 2.45) is 4.99 Å². The number of likely N-dealkylation sites (tertiary alicyclic amines) is 1. The van der Waals surface area contributed by atoms with Crippen LogP contribution in [0.1, 0.15) is 24.1 Å². The molecule has 10 heteroatoms. The minimum Gasteiger partial charge on any atom is -0.351 e. The second-order valence-electron chi connectivity index (χ2n) is 9.37. The van der Waals surface area contributed by atoms with Crippen molar-refractivity contribution in [2.45, 2.75) is 28.3 Å². The number of nitrogens with one attached hydrogen (secondary N) is 1. The highest BCUT2D eigenvalue weighted by atomic mass is 32.2. The minimum absolute atomic E-state index is 0.139. The number of rotatable bonds is 6. The molecule has 36 heavy (non-hydrogen) atoms. The molecule has 0 radical (unpaired) electrons. The first-order valence-electron chi connectivity index (χ1n) is 11.9. The summed E-state index contributed by atoms with van der Waals surface area (Å²) < 4.78 is 28.1. The highest BCUT2D eigenvalue weighted by molar-refractivity contribution is 8.15. The third-order valence-electron chi connectivity index (χ3n) is 7.03. The lowest BCUT2D eigenvalue weighted by atomic mass is 9.95. The predicted octanol–water partition coefficient (Wildman–Crippen LogP) is 4.98. The van der Waals surface area contributed by atoms with E-state index in [-0.39, 0.29) is 4.75 Å². The summed E-state index contributed by atoms with van der Waals surface area (Å²) in [5, 5.41) is 3.77. The van der Waals surface area contributed by atoms with E-state index in [2.05, 4.69) is 27.0 Å². The van der Waals surface area contributed by atoms with Crippen molar-refractivity contribution in [1.29, 1.82) is 0 Å². The maximum atomic E-state index is 13.1. The van der Waals surface area contributed by atoms with Gasteiger partial charge in [-0.05, 0) is 61.1 Å². The zero-order valence-corrected chi connectivity index (χ0v) is 22.4. The first kappa shape index (κ1) is 23.7. The van der Waals surface area contributed by atoms with Gasteiger partial charge in [-0.2, -0.15) is 0 Å². The second kappa shape index (κ2) is 9.33. The fraction of sp³-hybridized carbons (Fsp3) is 0.308. The Labute approximate surface area is 219 Å². The number of aromatic nitrogens is 2. The van der Waals surface area contributed by atoms with Crippen LogP contribution >= 0.6 is 23.1 Å². The number of thiophene rings is 1. The SMILES string of the molecule is CN(c1cccc2cc(C3=NCC4(CCN(Cc5cccnc5)CC4)S3)[nH]c12)S(=O)(=O)c1cccs1. The van der Waals surface area contributed by atoms with Crippen LogP contribution < -0.4 is 4.31 Å². The van der Waals surface area contributed by atoms with Crippen molar-refractivity contribution >= 4 is 54.8 Å². The van der Waals surface area contributed by atoms with E-state index in [0.29, 0.717) is 9.90 Å². The van der Waals surface area contributed by atoms with E-state index in [0.717, 1.165) is 60.7 Å². The summed E-state index contributed by atoms with van der Waals surface area (Å²) in [6, 6.07) is 15.4. The number of para-hydroxylation sites is 1. The number of anilines is 1. The van der Waals surface area contributed by atoms with Gasteiger partial charge >= 0.3 is 0 Å². The Balaban J connectivity index is 1.18. The molecule has 0 atom stereocenters. The number of hydrogen-bond acceptors (Lipinski definition) is 7. The zero-order valence-electron chi connectivity index (χ0n) is 19.9. The van der Waals surface area contributed by atoms with Crippen LogP contribution in [-0.4, -0.2) is 59.8 Å². The summed E-state index contributed by atoms with van der Waals surface area (Å²) in [6.45, 7) is 3.86. The van der Waals surface area contributed by atoms with Crippen LogP contribution in [-0.2, 0) is 16.6 Å². The molecule has 1 saturated heterocycles. The fourth-order valence-corrected chi connectivity index (χ4v) is 8.59. The summed E-state index contributed by atoms with van der Waals surface area (Å²) in [6.07, 6.45) is 5.95. The summed E-state index contributed by atoms with van der Waals surface area (Å²) in [4.78, 5) is 15.2. The maximum Gasteiger partial charge on any atom is 0.273 e. The molecule has 1 aromatic carbocycles. The largest absolute Gasteiger partial charge is 0.351 e. The topological polar surface area (TPSA) is 81.7 Å². The average Bonchev–Trinajstić information content (AvgIpc) is 3.66. The first-order chi connectivity index (χ1) is 17.4. The third kappa shape index (κ3) is 4.36. The Morgan fingerprint density at radius 1 is 1.14 bits per heavy atom. The van der Waals surface area contributed by atoms with Crippen LogP contribution in [0.15, 0.2) is 75.5 Å². The van der Waals surface area contributed by atoms with E-state index in [4.69, 9.17) is 4.99 Å². The maximum absolute atomic E-state index is 13.1. The molecule has 0 bridgehead atoms. The number of aromatic amines is 1. The van der Waals surface area contributed by atoms with E-state index in [9.17, 15) is 8.42 Å². The number of hydrogen-bond donors (Lipinski definition) is 1. The first-order valence-corrected chi connectivity index (χ1v) is 15.1. The highest BCUT2D eigenvalue weighted by Crippen LogP contribution is 2.44. The number of piperidine rings is 1. The van der Waals surface area contributed by atoms with Crippen LogP contribution in [0.3, 0.4) is 0 Å². The third-order valence-corrected chi connectivity index (χ3v) is 11.7. The predicted molar refractivity (Wildman–Crippen MR) is 149 cm³/mol. The molecular weight excluding hydrogens is 511 g/mol. The Morgan fingerprint density at radius 2 is 2.00 bits per heavy atom. The number of fused-ring (bicyclic) bond motifs is 1. The van der Waals surface area contributed by atoms with Gasteiger partial charge in [0.15, 0.2) is 0 Å². The lowest BCUT2D eigenvalue weighted by Crippen LogP contribution is -2.42. The fourth-order valence-electron chi connectivity index (χ4n) is 4.95. The Morgan fingerprint density at radius 3 is 2.75 bits per heavy atom. The molecule has 2 aliphatic heterocycles. The normalized spacial score (nSPS) is 18.1. The Kier molecular flexibility index (Phi) is 6.15. The lowest BCUT2D eigenvalue weighted by Gasteiger charge is -2.38. The van der Waals surface area contributed by atoms with Crippen LogP contribution in [0, 0.1) is 0 Å². The van der Waals surface area contributed by atoms with Gasteiger partial charge in [-0.25, -0.2) is 8.42 Å². The monoisotopic (exact) mass is 537 g/mol. The van der Waals surface area contributed by atoms with Gasteiger partial charge in [0, 0.05) is 36.1 Å². The second-order valence-corrected chi connectivity index (χ2v) is 14.0. The van der Waals surface area contributed by atoms with E-state index < -0.39 is 10.0 Å². The van der Waals surface area contributed by atoms with Gasteiger partial charge in [-0.3, -0.25) is 19.2 Å². The van der Waals surface area contributed by atoms with E-state index in [1.807, 2.05) is 48.4 Å². The van der Waals surface area contributed by atoms with Crippen molar-refractivity contribution in [1.82, 2.24) is 14.9 Å². The molecule has 7 nitrogen and oxygen atoms in total. The Bertz CT molecular complexity index is 1510. The molecule has 0 aliphatic carbocycles. The summed E-state index contributed by atoms with van der Waals surface area (Å²) in [7, 11) is -2.00. The summed E-state index contributed by atoms with van der Waals surface area (Å²) >= 11 is 3.11. The Hall–Kier alpha value is -2.66. The molecule has 2 aliphatic rings. The van der Waals surface area contributed by atoms with Crippen LogP contribution in [0.5, 0.6) is 0 Å². The van der Waals surface area contributed by atoms with Crippen molar-refractivity contribution in [2.75, 3.05) is 31.0 Å². The van der Waals surface area contributed by atoms with Gasteiger partial charge in [0.1, 0.15) is 9.25 Å². The highest BCUT2D eigenvalue weighted by Gasteiger charge is 2.40. The molecule has 5 heterocycles. The van der Waals surface area contributed by atoms with Crippen molar-refractivity contribution in [3.8, 4) is 0 Å². The molecule has 0 saturated carbocycles. The van der Waals surface area contributed by atoms with Gasteiger partial charge in [0.05, 0.1) is 23.4 Å². The van der Waals surface area contributed by atoms with Crippen molar-refractivity contribution in [3.05, 3.63) is 77.6 Å². The number of pyridine rings is 1. The summed E-state index contributed by atoms with van der Waals surface area (Å²) in [5.41, 5.74) is 3.66. The molecular formula is C26H27N5O2S3. The van der Waals surface area contributed by atoms with E-state index in [1.165, 1.54) is 21.2 Å². The minimum atomic E-state index is -3.61. The molecule has 186 valence electrons.